The molecule has 0 amide bonds. The molecule has 0 unspecified atom stereocenters. The minimum Gasteiger partial charge on any atom is -0.382 e. The van der Waals surface area contributed by atoms with Gasteiger partial charge >= 0.3 is 0 Å². The number of hydrogen-bond donors (Lipinski definition) is 1. The lowest BCUT2D eigenvalue weighted by atomic mass is 10.0. The Morgan fingerprint density at radius 2 is 2.29 bits per heavy atom. The third-order valence-electron chi connectivity index (χ3n) is 4.12. The van der Waals surface area contributed by atoms with Crippen LogP contribution in [0, 0.1) is 5.92 Å². The third kappa shape index (κ3) is 2.81. The van der Waals surface area contributed by atoms with Crippen LogP contribution in [-0.4, -0.2) is 32.5 Å². The molecule has 21 heavy (non-hydrogen) atoms. The lowest BCUT2D eigenvalue weighted by Gasteiger charge is -2.19. The van der Waals surface area contributed by atoms with Crippen LogP contribution < -0.4 is 5.32 Å². The average Bonchev–Trinajstić information content (AvgIpc) is 3.15. The SMILES string of the molecule is CCc1nn(C)cc1NC[C@@H]1CCO[C@H]1c1nccn1C. The number of aryl methyl sites for hydroxylation is 3. The van der Waals surface area contributed by atoms with E-state index in [9.17, 15) is 0 Å². The Morgan fingerprint density at radius 3 is 3.00 bits per heavy atom. The van der Waals surface area contributed by atoms with Gasteiger partial charge in [0.1, 0.15) is 11.9 Å². The minimum absolute atomic E-state index is 0.0826. The van der Waals surface area contributed by atoms with Crippen molar-refractivity contribution < 1.29 is 4.74 Å². The molecule has 2 aromatic heterocycles. The van der Waals surface area contributed by atoms with Gasteiger partial charge in [0.2, 0.25) is 0 Å². The van der Waals surface area contributed by atoms with Gasteiger partial charge < -0.3 is 14.6 Å². The van der Waals surface area contributed by atoms with E-state index in [0.29, 0.717) is 5.92 Å². The fraction of sp³-hybridized carbons (Fsp3) is 0.600. The molecule has 0 spiro atoms. The molecule has 6 nitrogen and oxygen atoms in total. The molecule has 1 fully saturated rings. The smallest absolute Gasteiger partial charge is 0.138 e. The number of ether oxygens (including phenoxy) is 1. The molecule has 1 saturated heterocycles. The summed E-state index contributed by atoms with van der Waals surface area (Å²) in [5.41, 5.74) is 2.25. The van der Waals surface area contributed by atoms with Crippen LogP contribution >= 0.6 is 0 Å². The van der Waals surface area contributed by atoms with Gasteiger partial charge in [0.15, 0.2) is 0 Å². The van der Waals surface area contributed by atoms with Crippen LogP contribution in [0.5, 0.6) is 0 Å². The largest absolute Gasteiger partial charge is 0.382 e. The van der Waals surface area contributed by atoms with Gasteiger partial charge in [-0.3, -0.25) is 4.68 Å². The Labute approximate surface area is 125 Å². The number of hydrogen-bond acceptors (Lipinski definition) is 4. The Bertz CT molecular complexity index is 603. The maximum Gasteiger partial charge on any atom is 0.138 e. The first-order valence-corrected chi connectivity index (χ1v) is 7.54. The quantitative estimate of drug-likeness (QED) is 0.913. The molecule has 114 valence electrons. The highest BCUT2D eigenvalue weighted by Gasteiger charge is 2.32. The zero-order valence-electron chi connectivity index (χ0n) is 12.9. The molecule has 0 bridgehead atoms. The van der Waals surface area contributed by atoms with E-state index in [4.69, 9.17) is 4.74 Å². The van der Waals surface area contributed by atoms with Crippen molar-refractivity contribution in [3.8, 4) is 0 Å². The van der Waals surface area contributed by atoms with Gasteiger partial charge in [-0.15, -0.1) is 0 Å². The van der Waals surface area contributed by atoms with Crippen molar-refractivity contribution in [2.45, 2.75) is 25.9 Å². The number of nitrogens with one attached hydrogen (secondary N) is 1. The summed E-state index contributed by atoms with van der Waals surface area (Å²) in [5, 5.41) is 8.00. The summed E-state index contributed by atoms with van der Waals surface area (Å²) in [6.45, 7) is 3.82. The zero-order valence-corrected chi connectivity index (χ0v) is 12.9. The number of aromatic nitrogens is 4. The molecular formula is C15H23N5O. The van der Waals surface area contributed by atoms with Gasteiger partial charge in [-0.1, -0.05) is 6.92 Å². The fourth-order valence-corrected chi connectivity index (χ4v) is 2.96. The summed E-state index contributed by atoms with van der Waals surface area (Å²) < 4.78 is 9.81. The van der Waals surface area contributed by atoms with E-state index in [1.807, 2.05) is 41.9 Å². The van der Waals surface area contributed by atoms with Crippen molar-refractivity contribution in [3.63, 3.8) is 0 Å². The topological polar surface area (TPSA) is 56.9 Å². The predicted molar refractivity (Wildman–Crippen MR) is 81.1 cm³/mol. The van der Waals surface area contributed by atoms with Crippen molar-refractivity contribution in [2.75, 3.05) is 18.5 Å². The van der Waals surface area contributed by atoms with Crippen molar-refractivity contribution in [3.05, 3.63) is 30.1 Å². The first kappa shape index (κ1) is 14.1. The van der Waals surface area contributed by atoms with Crippen LogP contribution in [0.2, 0.25) is 0 Å². The first-order valence-electron chi connectivity index (χ1n) is 7.54. The molecule has 3 heterocycles. The molecule has 2 atom stereocenters. The highest BCUT2D eigenvalue weighted by atomic mass is 16.5. The minimum atomic E-state index is 0.0826. The van der Waals surface area contributed by atoms with Crippen molar-refractivity contribution >= 4 is 5.69 Å². The maximum absolute atomic E-state index is 5.90. The summed E-state index contributed by atoms with van der Waals surface area (Å²) in [5.74, 6) is 1.46. The molecular weight excluding hydrogens is 266 g/mol. The van der Waals surface area contributed by atoms with Gasteiger partial charge in [-0.2, -0.15) is 5.10 Å². The van der Waals surface area contributed by atoms with E-state index in [1.54, 1.807) is 0 Å². The van der Waals surface area contributed by atoms with Crippen molar-refractivity contribution in [2.24, 2.45) is 20.0 Å². The molecule has 2 aromatic rings. The summed E-state index contributed by atoms with van der Waals surface area (Å²) in [4.78, 5) is 4.43. The molecule has 3 rings (SSSR count). The second kappa shape index (κ2) is 5.89. The van der Waals surface area contributed by atoms with Crippen LogP contribution in [0.25, 0.3) is 0 Å². The molecule has 1 aliphatic heterocycles. The van der Waals surface area contributed by atoms with Gasteiger partial charge in [0.25, 0.3) is 0 Å². The number of rotatable bonds is 5. The standard InChI is InChI=1S/C15H23N5O/c1-4-12-13(10-20(3)18-12)17-9-11-5-8-21-14(11)15-16-6-7-19(15)2/h6-7,10-11,14,17H,4-5,8-9H2,1-3H3/t11-,14+/m0/s1. The van der Waals surface area contributed by atoms with E-state index in [1.165, 1.54) is 0 Å². The van der Waals surface area contributed by atoms with Gasteiger partial charge in [0.05, 0.1) is 11.4 Å². The highest BCUT2D eigenvalue weighted by molar-refractivity contribution is 5.46. The second-order valence-electron chi connectivity index (χ2n) is 5.63. The van der Waals surface area contributed by atoms with Gasteiger partial charge in [-0.05, 0) is 12.8 Å². The predicted octanol–water partition coefficient (Wildman–Crippen LogP) is 1.91. The summed E-state index contributed by atoms with van der Waals surface area (Å²) in [7, 11) is 3.98. The Kier molecular flexibility index (Phi) is 3.96. The lowest BCUT2D eigenvalue weighted by molar-refractivity contribution is 0.0839. The molecule has 0 aromatic carbocycles. The maximum atomic E-state index is 5.90. The normalized spacial score (nSPS) is 21.9. The Balaban J connectivity index is 1.68. The van der Waals surface area contributed by atoms with Crippen molar-refractivity contribution in [1.82, 2.24) is 19.3 Å². The van der Waals surface area contributed by atoms with Crippen LogP contribution in [0.4, 0.5) is 5.69 Å². The van der Waals surface area contributed by atoms with E-state index >= 15 is 0 Å². The summed E-state index contributed by atoms with van der Waals surface area (Å²) >= 11 is 0. The van der Waals surface area contributed by atoms with Crippen molar-refractivity contribution in [1.29, 1.82) is 0 Å². The molecule has 0 radical (unpaired) electrons. The highest BCUT2D eigenvalue weighted by Crippen LogP contribution is 2.33. The Morgan fingerprint density at radius 1 is 1.43 bits per heavy atom. The fourth-order valence-electron chi connectivity index (χ4n) is 2.96. The van der Waals surface area contributed by atoms with Gasteiger partial charge in [-0.25, -0.2) is 4.98 Å². The summed E-state index contributed by atoms with van der Waals surface area (Å²) in [6, 6.07) is 0. The number of nitrogens with zero attached hydrogens (tertiary/aromatic N) is 4. The monoisotopic (exact) mass is 289 g/mol. The van der Waals surface area contributed by atoms with E-state index in [-0.39, 0.29) is 6.10 Å². The van der Waals surface area contributed by atoms with Crippen LogP contribution in [-0.2, 0) is 25.3 Å². The van der Waals surface area contributed by atoms with E-state index < -0.39 is 0 Å². The third-order valence-corrected chi connectivity index (χ3v) is 4.12. The summed E-state index contributed by atoms with van der Waals surface area (Å²) in [6.07, 6.45) is 7.93. The molecule has 1 N–H and O–H groups in total. The molecule has 0 saturated carbocycles. The van der Waals surface area contributed by atoms with Gasteiger partial charge in [0, 0.05) is 51.8 Å². The van der Waals surface area contributed by atoms with Crippen LogP contribution in [0.1, 0.15) is 31.0 Å². The molecule has 1 aliphatic rings. The lowest BCUT2D eigenvalue weighted by Crippen LogP contribution is -2.20. The molecule has 6 heteroatoms. The zero-order chi connectivity index (χ0) is 14.8. The van der Waals surface area contributed by atoms with Crippen LogP contribution in [0.15, 0.2) is 18.6 Å². The molecule has 0 aliphatic carbocycles. The Hall–Kier alpha value is -1.82. The van der Waals surface area contributed by atoms with Crippen LogP contribution in [0.3, 0.4) is 0 Å². The average molecular weight is 289 g/mol. The second-order valence-corrected chi connectivity index (χ2v) is 5.63. The first-order chi connectivity index (χ1) is 10.2. The van der Waals surface area contributed by atoms with E-state index in [0.717, 1.165) is 43.2 Å². The van der Waals surface area contributed by atoms with E-state index in [2.05, 4.69) is 22.3 Å². The number of anilines is 1. The number of imidazole rings is 1.